The molecule has 0 saturated carbocycles. The van der Waals surface area contributed by atoms with Crippen LogP contribution >= 0.6 is 11.6 Å². The number of benzene rings is 2. The van der Waals surface area contributed by atoms with Crippen molar-refractivity contribution >= 4 is 44.6 Å². The van der Waals surface area contributed by atoms with Crippen LogP contribution in [0.15, 0.2) is 71.8 Å². The molecule has 2 atom stereocenters. The first-order valence-corrected chi connectivity index (χ1v) is 14.3. The molecular formula is C27H28ClN5O5S. The quantitative estimate of drug-likeness (QED) is 0.317. The maximum absolute atomic E-state index is 13.3. The zero-order valence-electron chi connectivity index (χ0n) is 21.2. The first-order chi connectivity index (χ1) is 18.8. The number of carbonyl (C=O) groups is 1. The third-order valence-corrected chi connectivity index (χ3v) is 8.61. The molecule has 1 saturated heterocycles. The zero-order chi connectivity index (χ0) is 27.6. The van der Waals surface area contributed by atoms with Crippen LogP contribution in [0.5, 0.6) is 0 Å². The maximum Gasteiger partial charge on any atom is 0.410 e. The van der Waals surface area contributed by atoms with Gasteiger partial charge in [0.2, 0.25) is 5.28 Å². The number of aliphatic hydroxyl groups excluding tert-OH is 1. The van der Waals surface area contributed by atoms with E-state index in [0.717, 1.165) is 15.1 Å². The molecule has 2 aromatic heterocycles. The number of hydrogen-bond acceptors (Lipinski definition) is 8. The lowest BCUT2D eigenvalue weighted by Gasteiger charge is -2.38. The van der Waals surface area contributed by atoms with E-state index >= 15 is 0 Å². The molecule has 204 valence electrons. The van der Waals surface area contributed by atoms with Gasteiger partial charge in [-0.2, -0.15) is 4.98 Å². The number of aliphatic hydroxyl groups is 1. The summed E-state index contributed by atoms with van der Waals surface area (Å²) in [4.78, 5) is 23.1. The van der Waals surface area contributed by atoms with Gasteiger partial charge in [0.05, 0.1) is 22.9 Å². The number of amides is 1. The van der Waals surface area contributed by atoms with Gasteiger partial charge >= 0.3 is 6.09 Å². The smallest absolute Gasteiger partial charge is 0.410 e. The summed E-state index contributed by atoms with van der Waals surface area (Å²) in [5.41, 5.74) is 1.94. The number of anilines is 1. The van der Waals surface area contributed by atoms with Gasteiger partial charge in [0.15, 0.2) is 5.65 Å². The number of halogens is 1. The highest BCUT2D eigenvalue weighted by atomic mass is 35.5. The molecule has 10 nitrogen and oxygen atoms in total. The fourth-order valence-corrected chi connectivity index (χ4v) is 6.11. The lowest BCUT2D eigenvalue weighted by molar-refractivity contribution is 0.0471. The Labute approximate surface area is 231 Å². The van der Waals surface area contributed by atoms with Gasteiger partial charge < -0.3 is 20.1 Å². The van der Waals surface area contributed by atoms with Crippen LogP contribution < -0.4 is 5.32 Å². The Bertz CT molecular complexity index is 1580. The number of aromatic nitrogens is 3. The summed E-state index contributed by atoms with van der Waals surface area (Å²) in [5.74, 6) is 0.355. The van der Waals surface area contributed by atoms with E-state index in [1.54, 1.807) is 30.3 Å². The molecule has 1 fully saturated rings. The number of piperidine rings is 1. The molecule has 2 unspecified atom stereocenters. The van der Waals surface area contributed by atoms with Crippen molar-refractivity contribution in [3.63, 3.8) is 0 Å². The average Bonchev–Trinajstić information content (AvgIpc) is 3.37. The van der Waals surface area contributed by atoms with Crippen LogP contribution in [0.25, 0.3) is 11.0 Å². The van der Waals surface area contributed by atoms with Crippen molar-refractivity contribution in [3.05, 3.63) is 83.3 Å². The second-order valence-corrected chi connectivity index (χ2v) is 11.6. The van der Waals surface area contributed by atoms with E-state index in [9.17, 15) is 18.3 Å². The van der Waals surface area contributed by atoms with Crippen LogP contribution in [-0.4, -0.2) is 63.7 Å². The first-order valence-electron chi connectivity index (χ1n) is 12.5. The van der Waals surface area contributed by atoms with Crippen LogP contribution in [-0.2, 0) is 21.4 Å². The van der Waals surface area contributed by atoms with Crippen LogP contribution in [0.4, 0.5) is 10.6 Å². The van der Waals surface area contributed by atoms with Crippen molar-refractivity contribution < 1.29 is 23.1 Å². The highest BCUT2D eigenvalue weighted by molar-refractivity contribution is 7.90. The summed E-state index contributed by atoms with van der Waals surface area (Å²) in [6, 6.07) is 16.9. The van der Waals surface area contributed by atoms with E-state index in [1.165, 1.54) is 11.1 Å². The van der Waals surface area contributed by atoms with Gasteiger partial charge in [-0.05, 0) is 55.1 Å². The Morgan fingerprint density at radius 1 is 1.10 bits per heavy atom. The maximum atomic E-state index is 13.3. The number of ether oxygens (including phenoxy) is 1. The van der Waals surface area contributed by atoms with Gasteiger partial charge in [-0.3, -0.25) is 0 Å². The Hall–Kier alpha value is -3.67. The molecule has 2 N–H and O–H groups in total. The number of likely N-dealkylation sites (tertiary alicyclic amines) is 1. The minimum absolute atomic E-state index is 0.118. The van der Waals surface area contributed by atoms with Crippen molar-refractivity contribution in [3.8, 4) is 0 Å². The van der Waals surface area contributed by atoms with Crippen LogP contribution in [0.3, 0.4) is 0 Å². The number of nitrogens with zero attached hydrogens (tertiary/aromatic N) is 4. The van der Waals surface area contributed by atoms with Crippen molar-refractivity contribution in [1.82, 2.24) is 18.8 Å². The summed E-state index contributed by atoms with van der Waals surface area (Å²) in [6.45, 7) is 2.07. The minimum atomic E-state index is -3.92. The lowest BCUT2D eigenvalue weighted by Crippen LogP contribution is -2.52. The number of aryl methyl sites for hydroxylation is 1. The summed E-state index contributed by atoms with van der Waals surface area (Å²) in [5, 5.41) is 13.5. The number of fused-ring (bicyclic) bond motifs is 1. The Kier molecular flexibility index (Phi) is 7.74. The number of rotatable bonds is 7. The predicted octanol–water partition coefficient (Wildman–Crippen LogP) is 4.20. The molecule has 3 heterocycles. The van der Waals surface area contributed by atoms with Gasteiger partial charge in [0.25, 0.3) is 10.0 Å². The number of hydrogen-bond donors (Lipinski definition) is 2. The fraction of sp³-hybridized carbons (Fsp3) is 0.296. The molecular weight excluding hydrogens is 542 g/mol. The van der Waals surface area contributed by atoms with E-state index in [1.807, 2.05) is 37.3 Å². The number of carbonyl (C=O) groups excluding carboxylic acids is 1. The molecule has 0 spiro atoms. The Morgan fingerprint density at radius 2 is 1.85 bits per heavy atom. The van der Waals surface area contributed by atoms with Crippen molar-refractivity contribution in [2.24, 2.45) is 0 Å². The Morgan fingerprint density at radius 3 is 2.56 bits per heavy atom. The van der Waals surface area contributed by atoms with E-state index in [-0.39, 0.29) is 47.7 Å². The predicted molar refractivity (Wildman–Crippen MR) is 147 cm³/mol. The third-order valence-electron chi connectivity index (χ3n) is 6.76. The molecule has 39 heavy (non-hydrogen) atoms. The van der Waals surface area contributed by atoms with Gasteiger partial charge in [0, 0.05) is 18.8 Å². The van der Waals surface area contributed by atoms with Crippen LogP contribution in [0.2, 0.25) is 5.28 Å². The molecule has 4 aromatic rings. The van der Waals surface area contributed by atoms with Gasteiger partial charge in [-0.15, -0.1) is 0 Å². The second-order valence-electron chi connectivity index (χ2n) is 9.46. The minimum Gasteiger partial charge on any atom is -0.445 e. The molecule has 1 aliphatic rings. The highest BCUT2D eigenvalue weighted by Gasteiger charge is 2.33. The van der Waals surface area contributed by atoms with Crippen molar-refractivity contribution in [2.75, 3.05) is 18.5 Å². The van der Waals surface area contributed by atoms with Crippen LogP contribution in [0.1, 0.15) is 24.0 Å². The molecule has 12 heteroatoms. The van der Waals surface area contributed by atoms with Crippen molar-refractivity contribution in [2.45, 2.75) is 43.4 Å². The third kappa shape index (κ3) is 5.70. The molecule has 5 rings (SSSR count). The largest absolute Gasteiger partial charge is 0.445 e. The number of nitrogens with one attached hydrogen (secondary N) is 1. The second kappa shape index (κ2) is 11.2. The molecule has 0 radical (unpaired) electrons. The standard InChI is InChI=1S/C27H28ClN5O5S/c1-18-7-11-22(12-8-18)39(36,37)33-14-13-23-24(30-26(28)31-25(23)33)29-20-9-10-21(16-34)32(15-20)27(35)38-17-19-5-3-2-4-6-19/h2-8,11-14,20-21,34H,9-10,15-17H2,1H3,(H,29,30,31). The van der Waals surface area contributed by atoms with E-state index in [2.05, 4.69) is 15.3 Å². The Balaban J connectivity index is 1.37. The molecule has 2 aromatic carbocycles. The van der Waals surface area contributed by atoms with Gasteiger partial charge in [-0.25, -0.2) is 22.2 Å². The molecule has 1 aliphatic heterocycles. The van der Waals surface area contributed by atoms with E-state index in [4.69, 9.17) is 16.3 Å². The van der Waals surface area contributed by atoms with Gasteiger partial charge in [0.1, 0.15) is 12.4 Å². The first kappa shape index (κ1) is 26.9. The van der Waals surface area contributed by atoms with E-state index in [0.29, 0.717) is 24.0 Å². The zero-order valence-corrected chi connectivity index (χ0v) is 22.8. The van der Waals surface area contributed by atoms with Crippen LogP contribution in [0, 0.1) is 6.92 Å². The summed E-state index contributed by atoms with van der Waals surface area (Å²) < 4.78 is 33.3. The molecule has 0 bridgehead atoms. The monoisotopic (exact) mass is 569 g/mol. The van der Waals surface area contributed by atoms with Crippen molar-refractivity contribution in [1.29, 1.82) is 0 Å². The topological polar surface area (TPSA) is 127 Å². The lowest BCUT2D eigenvalue weighted by atomic mass is 9.99. The SMILES string of the molecule is Cc1ccc(S(=O)(=O)n2ccc3c(NC4CCC(CO)N(C(=O)OCc5ccccc5)C4)nc(Cl)nc32)cc1. The summed E-state index contributed by atoms with van der Waals surface area (Å²) in [7, 11) is -3.92. The molecule has 1 amide bonds. The summed E-state index contributed by atoms with van der Waals surface area (Å²) in [6.07, 6.45) is 2.08. The highest BCUT2D eigenvalue weighted by Crippen LogP contribution is 2.29. The fourth-order valence-electron chi connectivity index (χ4n) is 4.65. The van der Waals surface area contributed by atoms with E-state index < -0.39 is 16.1 Å². The summed E-state index contributed by atoms with van der Waals surface area (Å²) >= 11 is 6.22. The molecule has 0 aliphatic carbocycles. The normalized spacial score (nSPS) is 17.8. The van der Waals surface area contributed by atoms with Gasteiger partial charge in [-0.1, -0.05) is 48.0 Å². The average molecular weight is 570 g/mol.